The number of nitrogen functional groups attached to an aromatic ring is 1. The molecule has 72 valence electrons. The standard InChI is InChI=1S/C6H5ClFNO3S/c7-3-1-5(9)6(2-4(3)8)13(10,11)12/h1-2H,9H2,(H,10,11,12). The number of anilines is 1. The molecule has 0 spiro atoms. The first-order valence-corrected chi connectivity index (χ1v) is 4.86. The van der Waals surface area contributed by atoms with Gasteiger partial charge in [0.25, 0.3) is 10.1 Å². The Labute approximate surface area is 78.9 Å². The van der Waals surface area contributed by atoms with E-state index in [1.807, 2.05) is 0 Å². The van der Waals surface area contributed by atoms with E-state index < -0.39 is 20.8 Å². The molecule has 0 saturated heterocycles. The summed E-state index contributed by atoms with van der Waals surface area (Å²) < 4.78 is 42.5. The first kappa shape index (κ1) is 10.2. The summed E-state index contributed by atoms with van der Waals surface area (Å²) in [6.45, 7) is 0. The molecule has 0 aliphatic carbocycles. The predicted molar refractivity (Wildman–Crippen MR) is 45.6 cm³/mol. The number of halogens is 2. The topological polar surface area (TPSA) is 80.4 Å². The number of hydrogen-bond acceptors (Lipinski definition) is 3. The molecule has 1 aromatic carbocycles. The molecule has 3 N–H and O–H groups in total. The van der Waals surface area contributed by atoms with E-state index in [1.54, 1.807) is 0 Å². The Bertz CT molecular complexity index is 445. The maximum Gasteiger partial charge on any atom is 0.296 e. The second-order valence-corrected chi connectivity index (χ2v) is 4.08. The maximum absolute atomic E-state index is 12.7. The summed E-state index contributed by atoms with van der Waals surface area (Å²) >= 11 is 5.30. The molecular weight excluding hydrogens is 221 g/mol. The minimum absolute atomic E-state index is 0.297. The zero-order valence-corrected chi connectivity index (χ0v) is 7.73. The monoisotopic (exact) mass is 225 g/mol. The van der Waals surface area contributed by atoms with Crippen LogP contribution in [-0.4, -0.2) is 13.0 Å². The van der Waals surface area contributed by atoms with Crippen LogP contribution in [0.2, 0.25) is 5.02 Å². The largest absolute Gasteiger partial charge is 0.398 e. The molecule has 0 amide bonds. The van der Waals surface area contributed by atoms with Crippen molar-refractivity contribution in [1.82, 2.24) is 0 Å². The van der Waals surface area contributed by atoms with Crippen molar-refractivity contribution < 1.29 is 17.4 Å². The number of hydrogen-bond donors (Lipinski definition) is 2. The van der Waals surface area contributed by atoms with Crippen molar-refractivity contribution in [3.63, 3.8) is 0 Å². The van der Waals surface area contributed by atoms with Gasteiger partial charge in [0.2, 0.25) is 0 Å². The molecule has 0 aliphatic heterocycles. The molecule has 0 saturated carbocycles. The van der Waals surface area contributed by atoms with Crippen LogP contribution in [0.5, 0.6) is 0 Å². The second kappa shape index (κ2) is 3.13. The van der Waals surface area contributed by atoms with E-state index in [9.17, 15) is 12.8 Å². The first-order chi connectivity index (χ1) is 5.82. The molecule has 1 rings (SSSR count). The van der Waals surface area contributed by atoms with Gasteiger partial charge in [-0.3, -0.25) is 4.55 Å². The summed E-state index contributed by atoms with van der Waals surface area (Å²) in [5.41, 5.74) is 4.89. The van der Waals surface area contributed by atoms with Gasteiger partial charge in [0.1, 0.15) is 10.7 Å². The third kappa shape index (κ3) is 2.09. The van der Waals surface area contributed by atoms with E-state index in [0.717, 1.165) is 6.07 Å². The van der Waals surface area contributed by atoms with Gasteiger partial charge < -0.3 is 5.73 Å². The van der Waals surface area contributed by atoms with Crippen LogP contribution in [0.1, 0.15) is 0 Å². The van der Waals surface area contributed by atoms with Gasteiger partial charge in [0.15, 0.2) is 0 Å². The highest BCUT2D eigenvalue weighted by molar-refractivity contribution is 7.86. The first-order valence-electron chi connectivity index (χ1n) is 3.04. The van der Waals surface area contributed by atoms with Gasteiger partial charge >= 0.3 is 0 Å². The minimum atomic E-state index is -4.50. The van der Waals surface area contributed by atoms with Gasteiger partial charge in [0, 0.05) is 0 Å². The van der Waals surface area contributed by atoms with Crippen molar-refractivity contribution >= 4 is 27.4 Å². The van der Waals surface area contributed by atoms with Gasteiger partial charge in [-0.2, -0.15) is 8.42 Å². The van der Waals surface area contributed by atoms with Gasteiger partial charge in [-0.15, -0.1) is 0 Å². The highest BCUT2D eigenvalue weighted by Gasteiger charge is 2.16. The van der Waals surface area contributed by atoms with Crippen LogP contribution in [0.4, 0.5) is 10.1 Å². The van der Waals surface area contributed by atoms with E-state index in [-0.39, 0.29) is 10.7 Å². The predicted octanol–water partition coefficient (Wildman–Crippen LogP) is 1.31. The van der Waals surface area contributed by atoms with Gasteiger partial charge in [0.05, 0.1) is 10.7 Å². The Morgan fingerprint density at radius 1 is 1.46 bits per heavy atom. The SMILES string of the molecule is Nc1cc(Cl)c(F)cc1S(=O)(=O)O. The van der Waals surface area contributed by atoms with Crippen LogP contribution in [-0.2, 0) is 10.1 Å². The Hall–Kier alpha value is -0.850. The van der Waals surface area contributed by atoms with E-state index in [4.69, 9.17) is 21.9 Å². The lowest BCUT2D eigenvalue weighted by Crippen LogP contribution is -2.03. The third-order valence-electron chi connectivity index (χ3n) is 1.33. The molecule has 1 aromatic rings. The van der Waals surface area contributed by atoms with Gasteiger partial charge in [-0.25, -0.2) is 4.39 Å². The van der Waals surface area contributed by atoms with Crippen LogP contribution >= 0.6 is 11.6 Å². The van der Waals surface area contributed by atoms with Gasteiger partial charge in [-0.1, -0.05) is 11.6 Å². The number of rotatable bonds is 1. The molecule has 0 fully saturated rings. The molecule has 4 nitrogen and oxygen atoms in total. The van der Waals surface area contributed by atoms with Crippen molar-refractivity contribution in [3.8, 4) is 0 Å². The molecule has 0 unspecified atom stereocenters. The molecule has 0 aromatic heterocycles. The van der Waals surface area contributed by atoms with Crippen molar-refractivity contribution in [3.05, 3.63) is 23.0 Å². The summed E-state index contributed by atoms with van der Waals surface area (Å²) in [6.07, 6.45) is 0. The Kier molecular flexibility index (Phi) is 2.47. The Morgan fingerprint density at radius 3 is 2.46 bits per heavy atom. The van der Waals surface area contributed by atoms with E-state index in [2.05, 4.69) is 0 Å². The van der Waals surface area contributed by atoms with Crippen molar-refractivity contribution in [2.75, 3.05) is 5.73 Å². The Balaban J connectivity index is 3.50. The molecule has 13 heavy (non-hydrogen) atoms. The van der Waals surface area contributed by atoms with Crippen molar-refractivity contribution in [2.24, 2.45) is 0 Å². The summed E-state index contributed by atoms with van der Waals surface area (Å²) in [7, 11) is -4.50. The lowest BCUT2D eigenvalue weighted by molar-refractivity contribution is 0.482. The molecule has 7 heteroatoms. The summed E-state index contributed by atoms with van der Waals surface area (Å²) in [5.74, 6) is -0.955. The third-order valence-corrected chi connectivity index (χ3v) is 2.53. The Morgan fingerprint density at radius 2 is 2.00 bits per heavy atom. The lowest BCUT2D eigenvalue weighted by Gasteiger charge is -2.02. The summed E-state index contributed by atoms with van der Waals surface area (Å²) in [4.78, 5) is -0.686. The molecule has 0 heterocycles. The van der Waals surface area contributed by atoms with Crippen LogP contribution in [0.15, 0.2) is 17.0 Å². The van der Waals surface area contributed by atoms with E-state index >= 15 is 0 Å². The average molecular weight is 226 g/mol. The van der Waals surface area contributed by atoms with Gasteiger partial charge in [-0.05, 0) is 12.1 Å². The zero-order valence-electron chi connectivity index (χ0n) is 6.16. The van der Waals surface area contributed by atoms with Crippen molar-refractivity contribution in [2.45, 2.75) is 4.90 Å². The average Bonchev–Trinajstić information content (AvgIpc) is 1.94. The van der Waals surface area contributed by atoms with Crippen molar-refractivity contribution in [1.29, 1.82) is 0 Å². The summed E-state index contributed by atoms with van der Waals surface area (Å²) in [6, 6.07) is 1.48. The highest BCUT2D eigenvalue weighted by atomic mass is 35.5. The molecule has 0 aliphatic rings. The smallest absolute Gasteiger partial charge is 0.296 e. The molecule has 0 atom stereocenters. The number of nitrogens with two attached hydrogens (primary N) is 1. The van der Waals surface area contributed by atoms with Crippen LogP contribution < -0.4 is 5.73 Å². The van der Waals surface area contributed by atoms with Crippen LogP contribution in [0.3, 0.4) is 0 Å². The number of benzene rings is 1. The van der Waals surface area contributed by atoms with Crippen LogP contribution in [0, 0.1) is 5.82 Å². The lowest BCUT2D eigenvalue weighted by atomic mass is 10.3. The van der Waals surface area contributed by atoms with Crippen LogP contribution in [0.25, 0.3) is 0 Å². The zero-order chi connectivity index (χ0) is 10.2. The quantitative estimate of drug-likeness (QED) is 0.558. The molecule has 0 radical (unpaired) electrons. The molecule has 0 bridgehead atoms. The fraction of sp³-hybridized carbons (Fsp3) is 0. The minimum Gasteiger partial charge on any atom is -0.398 e. The fourth-order valence-electron chi connectivity index (χ4n) is 0.767. The molecular formula is C6H5ClFNO3S. The van der Waals surface area contributed by atoms with E-state index in [1.165, 1.54) is 0 Å². The summed E-state index contributed by atoms with van der Waals surface area (Å²) in [5, 5.41) is -0.301. The second-order valence-electron chi connectivity index (χ2n) is 2.28. The normalized spacial score (nSPS) is 11.6. The highest BCUT2D eigenvalue weighted by Crippen LogP contribution is 2.25. The van der Waals surface area contributed by atoms with E-state index in [0.29, 0.717) is 6.07 Å². The maximum atomic E-state index is 12.7. The fourth-order valence-corrected chi connectivity index (χ4v) is 1.55.